The van der Waals surface area contributed by atoms with Gasteiger partial charge in [-0.3, -0.25) is 4.90 Å². The van der Waals surface area contributed by atoms with Gasteiger partial charge in [-0.2, -0.15) is 0 Å². The minimum absolute atomic E-state index is 0. The van der Waals surface area contributed by atoms with Crippen molar-refractivity contribution < 1.29 is 13.2 Å². The summed E-state index contributed by atoms with van der Waals surface area (Å²) in [6, 6.07) is 7.55. The van der Waals surface area contributed by atoms with Crippen LogP contribution in [0.25, 0.3) is 0 Å². The second-order valence-electron chi connectivity index (χ2n) is 6.09. The maximum atomic E-state index is 11.2. The number of nitrogens with zero attached hydrogens (tertiary/aromatic N) is 1. The molecule has 2 heterocycles. The molecule has 3 N–H and O–H groups in total. The number of ether oxygens (including phenoxy) is 1. The van der Waals surface area contributed by atoms with Crippen molar-refractivity contribution in [1.29, 1.82) is 0 Å². The first kappa shape index (κ1) is 18.5. The van der Waals surface area contributed by atoms with E-state index in [0.29, 0.717) is 24.4 Å². The number of fused-ring (bicyclic) bond motifs is 2. The predicted molar refractivity (Wildman–Crippen MR) is 91.6 cm³/mol. The number of rotatable bonds is 5. The summed E-state index contributed by atoms with van der Waals surface area (Å²) >= 11 is 0. The Morgan fingerprint density at radius 2 is 1.87 bits per heavy atom. The highest BCUT2D eigenvalue weighted by molar-refractivity contribution is 7.89. The van der Waals surface area contributed by atoms with Crippen LogP contribution in [0.1, 0.15) is 19.3 Å². The molecule has 130 valence electrons. The number of benzene rings is 1. The first-order valence-electron chi connectivity index (χ1n) is 7.75. The van der Waals surface area contributed by atoms with Gasteiger partial charge in [-0.1, -0.05) is 0 Å². The molecule has 8 heteroatoms. The summed E-state index contributed by atoms with van der Waals surface area (Å²) in [6.45, 7) is 3.69. The summed E-state index contributed by atoms with van der Waals surface area (Å²) in [5, 5.41) is 8.73. The van der Waals surface area contributed by atoms with Crippen LogP contribution in [0, 0.1) is 0 Å². The van der Waals surface area contributed by atoms with Crippen LogP contribution >= 0.6 is 12.4 Å². The van der Waals surface area contributed by atoms with Crippen molar-refractivity contribution in [3.63, 3.8) is 0 Å². The lowest BCUT2D eigenvalue weighted by Gasteiger charge is -2.23. The van der Waals surface area contributed by atoms with Crippen LogP contribution in [0.3, 0.4) is 0 Å². The molecule has 2 atom stereocenters. The fourth-order valence-corrected chi connectivity index (χ4v) is 3.75. The average Bonchev–Trinajstić information content (AvgIpc) is 2.80. The highest BCUT2D eigenvalue weighted by Gasteiger charge is 2.28. The molecule has 1 aromatic carbocycles. The van der Waals surface area contributed by atoms with Gasteiger partial charge in [0.15, 0.2) is 0 Å². The molecule has 0 saturated carbocycles. The summed E-state index contributed by atoms with van der Waals surface area (Å²) in [5.74, 6) is 0.668. The zero-order valence-corrected chi connectivity index (χ0v) is 14.6. The SMILES string of the molecule is Cl.NS(=O)(=O)c1ccc(OCCN2CCC3CCC(C2)N3)cc1. The molecule has 2 unspecified atom stereocenters. The second-order valence-corrected chi connectivity index (χ2v) is 7.65. The van der Waals surface area contributed by atoms with Gasteiger partial charge in [-0.15, -0.1) is 12.4 Å². The van der Waals surface area contributed by atoms with E-state index in [9.17, 15) is 8.42 Å². The molecule has 2 bridgehead atoms. The number of hydrogen-bond donors (Lipinski definition) is 2. The van der Waals surface area contributed by atoms with Gasteiger partial charge >= 0.3 is 0 Å². The van der Waals surface area contributed by atoms with Gasteiger partial charge in [0.05, 0.1) is 4.90 Å². The maximum Gasteiger partial charge on any atom is 0.238 e. The Balaban J connectivity index is 0.00000192. The summed E-state index contributed by atoms with van der Waals surface area (Å²) in [6.07, 6.45) is 3.79. The van der Waals surface area contributed by atoms with Crippen LogP contribution in [-0.4, -0.2) is 51.6 Å². The normalized spacial score (nSPS) is 24.7. The average molecular weight is 362 g/mol. The Hall–Kier alpha value is -0.860. The van der Waals surface area contributed by atoms with Crippen LogP contribution in [-0.2, 0) is 10.0 Å². The molecular weight excluding hydrogens is 338 g/mol. The van der Waals surface area contributed by atoms with Gasteiger partial charge in [0.25, 0.3) is 0 Å². The van der Waals surface area contributed by atoms with E-state index < -0.39 is 10.0 Å². The zero-order valence-electron chi connectivity index (χ0n) is 13.0. The van der Waals surface area contributed by atoms with E-state index >= 15 is 0 Å². The van der Waals surface area contributed by atoms with Crippen molar-refractivity contribution in [3.8, 4) is 5.75 Å². The van der Waals surface area contributed by atoms with Crippen molar-refractivity contribution in [2.75, 3.05) is 26.2 Å². The van der Waals surface area contributed by atoms with Crippen LogP contribution in [0.2, 0.25) is 0 Å². The highest BCUT2D eigenvalue weighted by atomic mass is 35.5. The Bertz CT molecular complexity index is 609. The van der Waals surface area contributed by atoms with Crippen LogP contribution in [0.15, 0.2) is 29.2 Å². The largest absolute Gasteiger partial charge is 0.492 e. The zero-order chi connectivity index (χ0) is 15.6. The maximum absolute atomic E-state index is 11.2. The molecule has 2 fully saturated rings. The minimum atomic E-state index is -3.64. The van der Waals surface area contributed by atoms with E-state index in [4.69, 9.17) is 9.88 Å². The van der Waals surface area contributed by atoms with Crippen molar-refractivity contribution in [2.24, 2.45) is 5.14 Å². The summed E-state index contributed by atoms with van der Waals surface area (Å²) in [4.78, 5) is 2.55. The van der Waals surface area contributed by atoms with E-state index in [0.717, 1.165) is 19.6 Å². The molecule has 0 spiro atoms. The van der Waals surface area contributed by atoms with Crippen LogP contribution in [0.4, 0.5) is 0 Å². The molecular formula is C15H24ClN3O3S. The topological polar surface area (TPSA) is 84.7 Å². The minimum Gasteiger partial charge on any atom is -0.492 e. The second kappa shape index (κ2) is 7.81. The van der Waals surface area contributed by atoms with Gasteiger partial charge in [-0.25, -0.2) is 13.6 Å². The number of halogens is 1. The molecule has 0 radical (unpaired) electrons. The Morgan fingerprint density at radius 3 is 2.57 bits per heavy atom. The third kappa shape index (κ3) is 5.06. The Labute approximate surface area is 143 Å². The van der Waals surface area contributed by atoms with E-state index in [1.54, 1.807) is 12.1 Å². The number of nitrogens with one attached hydrogen (secondary N) is 1. The van der Waals surface area contributed by atoms with E-state index in [1.165, 1.54) is 31.4 Å². The van der Waals surface area contributed by atoms with E-state index in [1.807, 2.05) is 0 Å². The lowest BCUT2D eigenvalue weighted by atomic mass is 10.1. The van der Waals surface area contributed by atoms with Gasteiger partial charge in [0.1, 0.15) is 12.4 Å². The fraction of sp³-hybridized carbons (Fsp3) is 0.600. The van der Waals surface area contributed by atoms with Gasteiger partial charge in [0, 0.05) is 25.2 Å². The molecule has 6 nitrogen and oxygen atoms in total. The lowest BCUT2D eigenvalue weighted by molar-refractivity contribution is 0.201. The van der Waals surface area contributed by atoms with Crippen molar-refractivity contribution in [3.05, 3.63) is 24.3 Å². The number of nitrogens with two attached hydrogens (primary N) is 1. The van der Waals surface area contributed by atoms with Crippen LogP contribution < -0.4 is 15.2 Å². The number of primary sulfonamides is 1. The highest BCUT2D eigenvalue weighted by Crippen LogP contribution is 2.20. The summed E-state index contributed by atoms with van der Waals surface area (Å²) in [5.41, 5.74) is 0. The smallest absolute Gasteiger partial charge is 0.238 e. The Kier molecular flexibility index (Phi) is 6.27. The third-order valence-electron chi connectivity index (χ3n) is 4.44. The third-order valence-corrected chi connectivity index (χ3v) is 5.37. The molecule has 0 aromatic heterocycles. The van der Waals surface area contributed by atoms with Crippen LogP contribution in [0.5, 0.6) is 5.75 Å². The standard InChI is InChI=1S/C15H23N3O3S.ClH/c16-22(19,20)15-5-3-14(4-6-15)21-10-9-18-8-7-12-1-2-13(11-18)17-12;/h3-6,12-13,17H,1-2,7-11H2,(H2,16,19,20);1H. The molecule has 23 heavy (non-hydrogen) atoms. The molecule has 0 aliphatic carbocycles. The van der Waals surface area contributed by atoms with E-state index in [2.05, 4.69) is 10.2 Å². The fourth-order valence-electron chi connectivity index (χ4n) is 3.24. The first-order valence-corrected chi connectivity index (χ1v) is 9.29. The number of sulfonamides is 1. The molecule has 2 aliphatic heterocycles. The molecule has 2 saturated heterocycles. The molecule has 0 amide bonds. The van der Waals surface area contributed by atoms with Gasteiger partial charge in [-0.05, 0) is 50.1 Å². The van der Waals surface area contributed by atoms with E-state index in [-0.39, 0.29) is 17.3 Å². The monoisotopic (exact) mass is 361 g/mol. The first-order chi connectivity index (χ1) is 10.5. The summed E-state index contributed by atoms with van der Waals surface area (Å²) in [7, 11) is -3.64. The lowest BCUT2D eigenvalue weighted by Crippen LogP contribution is -2.37. The van der Waals surface area contributed by atoms with Gasteiger partial charge in [0.2, 0.25) is 10.0 Å². The van der Waals surface area contributed by atoms with Crippen molar-refractivity contribution >= 4 is 22.4 Å². The molecule has 1 aromatic rings. The van der Waals surface area contributed by atoms with Gasteiger partial charge < -0.3 is 10.1 Å². The molecule has 2 aliphatic rings. The Morgan fingerprint density at radius 1 is 1.17 bits per heavy atom. The number of likely N-dealkylation sites (tertiary alicyclic amines) is 1. The van der Waals surface area contributed by atoms with Crippen molar-refractivity contribution in [1.82, 2.24) is 10.2 Å². The number of hydrogen-bond acceptors (Lipinski definition) is 5. The summed E-state index contributed by atoms with van der Waals surface area (Å²) < 4.78 is 28.1. The quantitative estimate of drug-likeness (QED) is 0.816. The predicted octanol–water partition coefficient (Wildman–Crippen LogP) is 0.961. The molecule has 3 rings (SSSR count). The van der Waals surface area contributed by atoms with Crippen molar-refractivity contribution in [2.45, 2.75) is 36.2 Å².